The minimum Gasteiger partial charge on any atom is -0.312 e. The normalized spacial score (nSPS) is 10.7. The highest BCUT2D eigenvalue weighted by Gasteiger charge is 1.97. The molecule has 0 spiro atoms. The van der Waals surface area contributed by atoms with Crippen LogP contribution in [-0.2, 0) is 13.0 Å². The van der Waals surface area contributed by atoms with Crippen molar-refractivity contribution >= 4 is 0 Å². The van der Waals surface area contributed by atoms with Gasteiger partial charge in [-0.1, -0.05) is 12.1 Å². The molecule has 3 aromatic rings. The molecule has 0 aliphatic rings. The third-order valence-corrected chi connectivity index (χ3v) is 3.37. The van der Waals surface area contributed by atoms with Gasteiger partial charge < -0.3 is 5.32 Å². The maximum atomic E-state index is 4.22. The van der Waals surface area contributed by atoms with E-state index in [2.05, 4.69) is 51.8 Å². The molecular formula is C17H18N4. The summed E-state index contributed by atoms with van der Waals surface area (Å²) in [5.74, 6) is 0. The van der Waals surface area contributed by atoms with Crippen molar-refractivity contribution in [3.05, 3.63) is 78.4 Å². The van der Waals surface area contributed by atoms with Crippen molar-refractivity contribution in [3.63, 3.8) is 0 Å². The lowest BCUT2D eigenvalue weighted by atomic mass is 10.2. The van der Waals surface area contributed by atoms with Gasteiger partial charge in [0.15, 0.2) is 0 Å². The zero-order valence-electron chi connectivity index (χ0n) is 11.8. The van der Waals surface area contributed by atoms with Crippen molar-refractivity contribution in [1.82, 2.24) is 20.1 Å². The number of rotatable bonds is 6. The second-order valence-corrected chi connectivity index (χ2v) is 4.90. The number of aromatic nitrogens is 3. The van der Waals surface area contributed by atoms with Gasteiger partial charge in [-0.05, 0) is 54.4 Å². The van der Waals surface area contributed by atoms with Crippen LogP contribution in [0.1, 0.15) is 11.1 Å². The van der Waals surface area contributed by atoms with Crippen molar-refractivity contribution in [2.24, 2.45) is 0 Å². The highest BCUT2D eigenvalue weighted by Crippen LogP contribution is 2.08. The number of pyridine rings is 1. The summed E-state index contributed by atoms with van der Waals surface area (Å²) in [6.07, 6.45) is 8.43. The molecule has 0 amide bonds. The van der Waals surface area contributed by atoms with E-state index in [1.54, 1.807) is 6.20 Å². The summed E-state index contributed by atoms with van der Waals surface area (Å²) in [4.78, 5) is 4.02. The summed E-state index contributed by atoms with van der Waals surface area (Å²) in [5.41, 5.74) is 3.67. The second kappa shape index (κ2) is 6.81. The molecule has 106 valence electrons. The van der Waals surface area contributed by atoms with E-state index in [1.165, 1.54) is 11.1 Å². The van der Waals surface area contributed by atoms with Gasteiger partial charge in [-0.2, -0.15) is 5.10 Å². The molecule has 0 aliphatic heterocycles. The van der Waals surface area contributed by atoms with E-state index >= 15 is 0 Å². The summed E-state index contributed by atoms with van der Waals surface area (Å²) < 4.78 is 1.86. The zero-order valence-corrected chi connectivity index (χ0v) is 11.8. The third kappa shape index (κ3) is 3.77. The van der Waals surface area contributed by atoms with Gasteiger partial charge in [-0.25, -0.2) is 4.68 Å². The van der Waals surface area contributed by atoms with Gasteiger partial charge in [-0.15, -0.1) is 0 Å². The maximum Gasteiger partial charge on any atom is 0.0645 e. The average molecular weight is 278 g/mol. The number of benzene rings is 1. The molecule has 1 aromatic carbocycles. The predicted octanol–water partition coefficient (Wildman–Crippen LogP) is 2.60. The van der Waals surface area contributed by atoms with Gasteiger partial charge in [0.25, 0.3) is 0 Å². The quantitative estimate of drug-likeness (QED) is 0.705. The first kappa shape index (κ1) is 13.5. The molecule has 0 saturated heterocycles. The summed E-state index contributed by atoms with van der Waals surface area (Å²) in [7, 11) is 0. The van der Waals surface area contributed by atoms with E-state index in [9.17, 15) is 0 Å². The third-order valence-electron chi connectivity index (χ3n) is 3.37. The highest BCUT2D eigenvalue weighted by molar-refractivity contribution is 5.33. The second-order valence-electron chi connectivity index (χ2n) is 4.90. The molecule has 21 heavy (non-hydrogen) atoms. The smallest absolute Gasteiger partial charge is 0.0645 e. The molecule has 0 radical (unpaired) electrons. The molecule has 3 rings (SSSR count). The van der Waals surface area contributed by atoms with Gasteiger partial charge in [0, 0.05) is 31.3 Å². The molecule has 0 aliphatic carbocycles. The lowest BCUT2D eigenvalue weighted by molar-refractivity contribution is 0.686. The first-order valence-corrected chi connectivity index (χ1v) is 7.10. The first-order chi connectivity index (χ1) is 10.4. The Kier molecular flexibility index (Phi) is 4.39. The van der Waals surface area contributed by atoms with Crippen LogP contribution < -0.4 is 5.32 Å². The molecule has 2 aromatic heterocycles. The Bertz CT molecular complexity index is 645. The van der Waals surface area contributed by atoms with Crippen LogP contribution >= 0.6 is 0 Å². The van der Waals surface area contributed by atoms with Crippen molar-refractivity contribution < 1.29 is 0 Å². The predicted molar refractivity (Wildman–Crippen MR) is 83.2 cm³/mol. The molecule has 0 fully saturated rings. The summed E-state index contributed by atoms with van der Waals surface area (Å²) in [6, 6.07) is 14.5. The molecule has 4 nitrogen and oxygen atoms in total. The zero-order chi connectivity index (χ0) is 14.3. The van der Waals surface area contributed by atoms with Crippen molar-refractivity contribution in [2.75, 3.05) is 6.54 Å². The molecule has 0 bridgehead atoms. The van der Waals surface area contributed by atoms with E-state index in [0.29, 0.717) is 0 Å². The van der Waals surface area contributed by atoms with Gasteiger partial charge >= 0.3 is 0 Å². The van der Waals surface area contributed by atoms with Gasteiger partial charge in [-0.3, -0.25) is 4.98 Å². The molecule has 0 saturated carbocycles. The van der Waals surface area contributed by atoms with Gasteiger partial charge in [0.05, 0.1) is 5.69 Å². The van der Waals surface area contributed by atoms with Crippen molar-refractivity contribution in [1.29, 1.82) is 0 Å². The van der Waals surface area contributed by atoms with Gasteiger partial charge in [0.2, 0.25) is 0 Å². The summed E-state index contributed by atoms with van der Waals surface area (Å²) >= 11 is 0. The Hall–Kier alpha value is -2.46. The van der Waals surface area contributed by atoms with E-state index in [-0.39, 0.29) is 0 Å². The Balaban J connectivity index is 1.47. The van der Waals surface area contributed by atoms with Crippen LogP contribution in [0.2, 0.25) is 0 Å². The van der Waals surface area contributed by atoms with E-state index in [1.807, 2.05) is 29.3 Å². The van der Waals surface area contributed by atoms with E-state index < -0.39 is 0 Å². The number of nitrogens with zero attached hydrogens (tertiary/aromatic N) is 3. The van der Waals surface area contributed by atoms with E-state index in [0.717, 1.165) is 25.2 Å². The molecule has 0 unspecified atom stereocenters. The van der Waals surface area contributed by atoms with Gasteiger partial charge in [0.1, 0.15) is 0 Å². The fourth-order valence-electron chi connectivity index (χ4n) is 2.20. The van der Waals surface area contributed by atoms with Crippen LogP contribution in [0.4, 0.5) is 0 Å². The number of hydrogen-bond acceptors (Lipinski definition) is 3. The fourth-order valence-corrected chi connectivity index (χ4v) is 2.20. The van der Waals surface area contributed by atoms with Crippen LogP contribution in [0.3, 0.4) is 0 Å². The van der Waals surface area contributed by atoms with Crippen molar-refractivity contribution in [2.45, 2.75) is 13.0 Å². The number of hydrogen-bond donors (Lipinski definition) is 1. The lowest BCUT2D eigenvalue weighted by Gasteiger charge is -2.06. The minimum absolute atomic E-state index is 0.879. The Morgan fingerprint density at radius 3 is 2.43 bits per heavy atom. The molecular weight excluding hydrogens is 260 g/mol. The fraction of sp³-hybridized carbons (Fsp3) is 0.176. The Morgan fingerprint density at radius 1 is 0.905 bits per heavy atom. The number of nitrogens with one attached hydrogen (secondary N) is 1. The summed E-state index contributed by atoms with van der Waals surface area (Å²) in [5, 5.41) is 7.68. The van der Waals surface area contributed by atoms with Crippen molar-refractivity contribution in [3.8, 4) is 5.69 Å². The minimum atomic E-state index is 0.879. The highest BCUT2D eigenvalue weighted by atomic mass is 15.3. The SMILES string of the molecule is c1cnn(-c2ccc(CNCCc3ccncc3)cc2)c1. The van der Waals surface area contributed by atoms with Crippen LogP contribution in [0.15, 0.2) is 67.3 Å². The molecule has 1 N–H and O–H groups in total. The first-order valence-electron chi connectivity index (χ1n) is 7.10. The topological polar surface area (TPSA) is 42.7 Å². The summed E-state index contributed by atoms with van der Waals surface area (Å²) in [6.45, 7) is 1.84. The lowest BCUT2D eigenvalue weighted by Crippen LogP contribution is -2.16. The van der Waals surface area contributed by atoms with Crippen LogP contribution in [0.25, 0.3) is 5.69 Å². The van der Waals surface area contributed by atoms with Crippen LogP contribution in [-0.4, -0.2) is 21.3 Å². The maximum absolute atomic E-state index is 4.22. The Labute approximate surface area is 124 Å². The monoisotopic (exact) mass is 278 g/mol. The Morgan fingerprint density at radius 2 is 1.71 bits per heavy atom. The average Bonchev–Trinajstić information content (AvgIpc) is 3.08. The standard InChI is InChI=1S/C17H18N4/c1-9-20-21(13-1)17-4-2-16(3-5-17)14-19-12-8-15-6-10-18-11-7-15/h1-7,9-11,13,19H,8,12,14H2. The molecule has 4 heteroatoms. The molecule has 2 heterocycles. The van der Waals surface area contributed by atoms with Crippen LogP contribution in [0.5, 0.6) is 0 Å². The van der Waals surface area contributed by atoms with E-state index in [4.69, 9.17) is 0 Å². The largest absolute Gasteiger partial charge is 0.312 e. The molecule has 0 atom stereocenters. The van der Waals surface area contributed by atoms with Crippen LogP contribution in [0, 0.1) is 0 Å².